The van der Waals surface area contributed by atoms with Crippen molar-refractivity contribution in [1.82, 2.24) is 10.2 Å². The molecule has 0 unspecified atom stereocenters. The Bertz CT molecular complexity index is 945. The number of para-hydroxylation sites is 2. The van der Waals surface area contributed by atoms with E-state index in [1.54, 1.807) is 25.1 Å². The highest BCUT2D eigenvalue weighted by molar-refractivity contribution is 6.53. The molecule has 30 heavy (non-hydrogen) atoms. The molecule has 1 fully saturated rings. The number of benzene rings is 2. The molecule has 1 heterocycles. The van der Waals surface area contributed by atoms with Crippen molar-refractivity contribution < 1.29 is 23.9 Å². The molecular formula is C22H23N3O5. The number of anilines is 1. The summed E-state index contributed by atoms with van der Waals surface area (Å²) in [5.41, 5.74) is 1.33. The highest BCUT2D eigenvalue weighted by Crippen LogP contribution is 2.31. The Balaban J connectivity index is 1.59. The van der Waals surface area contributed by atoms with Gasteiger partial charge in [0.1, 0.15) is 12.3 Å². The quantitative estimate of drug-likeness (QED) is 0.389. The number of hydrogen-bond acceptors (Lipinski definition) is 5. The van der Waals surface area contributed by atoms with Crippen LogP contribution in [-0.4, -0.2) is 48.3 Å². The number of rotatable bonds is 9. The molecule has 1 aliphatic rings. The van der Waals surface area contributed by atoms with E-state index in [2.05, 4.69) is 5.32 Å². The van der Waals surface area contributed by atoms with Crippen LogP contribution in [0.15, 0.2) is 54.6 Å². The van der Waals surface area contributed by atoms with E-state index >= 15 is 0 Å². The lowest BCUT2D eigenvalue weighted by Crippen LogP contribution is -2.41. The number of carbonyl (C=O) groups is 4. The lowest BCUT2D eigenvalue weighted by Gasteiger charge is -2.18. The van der Waals surface area contributed by atoms with Gasteiger partial charge in [0.15, 0.2) is 0 Å². The molecule has 1 N–H and O–H groups in total. The van der Waals surface area contributed by atoms with Gasteiger partial charge in [0.25, 0.3) is 0 Å². The summed E-state index contributed by atoms with van der Waals surface area (Å²) in [5, 5.41) is 2.68. The van der Waals surface area contributed by atoms with Gasteiger partial charge >= 0.3 is 17.8 Å². The second-order valence-corrected chi connectivity index (χ2v) is 6.65. The fraction of sp³-hybridized carbons (Fsp3) is 0.273. The molecule has 0 saturated carbocycles. The summed E-state index contributed by atoms with van der Waals surface area (Å²) in [4.78, 5) is 51.0. The standard InChI is InChI=1S/C22H23N3O5/c1-2-30-18-13-7-6-12-17(18)25-21(28)20(27)24(22(25)29)15-19(26)23-14-8-11-16-9-4-3-5-10-16/h3-7,9-10,12-13H,2,8,11,14-15H2,1H3,(H,23,26). The minimum atomic E-state index is -1.04. The monoisotopic (exact) mass is 409 g/mol. The number of ether oxygens (including phenoxy) is 1. The first-order valence-electron chi connectivity index (χ1n) is 9.75. The van der Waals surface area contributed by atoms with E-state index in [1.165, 1.54) is 6.07 Å². The first kappa shape index (κ1) is 21.0. The van der Waals surface area contributed by atoms with E-state index in [0.29, 0.717) is 30.2 Å². The van der Waals surface area contributed by atoms with Gasteiger partial charge in [-0.15, -0.1) is 0 Å². The first-order chi connectivity index (χ1) is 14.5. The van der Waals surface area contributed by atoms with Crippen LogP contribution in [-0.2, 0) is 20.8 Å². The fourth-order valence-electron chi connectivity index (χ4n) is 3.14. The lowest BCUT2D eigenvalue weighted by atomic mass is 10.1. The SMILES string of the molecule is CCOc1ccccc1N1C(=O)C(=O)N(CC(=O)NCCCc2ccccc2)C1=O. The Morgan fingerprint density at radius 3 is 2.40 bits per heavy atom. The molecule has 2 aromatic rings. The predicted octanol–water partition coefficient (Wildman–Crippen LogP) is 2.13. The molecule has 0 bridgehead atoms. The number of nitrogens with zero attached hydrogens (tertiary/aromatic N) is 2. The molecule has 1 aliphatic heterocycles. The van der Waals surface area contributed by atoms with Crippen molar-refractivity contribution >= 4 is 29.4 Å². The molecule has 156 valence electrons. The van der Waals surface area contributed by atoms with E-state index in [9.17, 15) is 19.2 Å². The van der Waals surface area contributed by atoms with Crippen LogP contribution in [0, 0.1) is 0 Å². The van der Waals surface area contributed by atoms with Crippen molar-refractivity contribution in [3.8, 4) is 5.75 Å². The van der Waals surface area contributed by atoms with Gasteiger partial charge in [-0.1, -0.05) is 42.5 Å². The van der Waals surface area contributed by atoms with Crippen LogP contribution < -0.4 is 15.0 Å². The van der Waals surface area contributed by atoms with Crippen LogP contribution in [0.2, 0.25) is 0 Å². The summed E-state index contributed by atoms with van der Waals surface area (Å²) >= 11 is 0. The fourth-order valence-corrected chi connectivity index (χ4v) is 3.14. The van der Waals surface area contributed by atoms with Gasteiger partial charge in [-0.3, -0.25) is 14.4 Å². The lowest BCUT2D eigenvalue weighted by molar-refractivity contribution is -0.140. The van der Waals surface area contributed by atoms with Crippen molar-refractivity contribution in [2.75, 3.05) is 24.6 Å². The zero-order valence-corrected chi connectivity index (χ0v) is 16.7. The molecule has 0 spiro atoms. The summed E-state index contributed by atoms with van der Waals surface area (Å²) in [6.07, 6.45) is 1.51. The van der Waals surface area contributed by atoms with E-state index in [1.807, 2.05) is 30.3 Å². The molecule has 8 heteroatoms. The normalized spacial score (nSPS) is 13.7. The van der Waals surface area contributed by atoms with Crippen molar-refractivity contribution in [3.63, 3.8) is 0 Å². The highest BCUT2D eigenvalue weighted by atomic mass is 16.5. The smallest absolute Gasteiger partial charge is 0.339 e. The van der Waals surface area contributed by atoms with E-state index in [4.69, 9.17) is 4.74 Å². The maximum atomic E-state index is 12.7. The summed E-state index contributed by atoms with van der Waals surface area (Å²) in [6, 6.07) is 15.4. The number of aryl methyl sites for hydroxylation is 1. The first-order valence-corrected chi connectivity index (χ1v) is 9.75. The molecule has 0 aromatic heterocycles. The molecule has 0 radical (unpaired) electrons. The van der Waals surface area contributed by atoms with Crippen LogP contribution in [0.4, 0.5) is 10.5 Å². The summed E-state index contributed by atoms with van der Waals surface area (Å²) in [6.45, 7) is 1.98. The third kappa shape index (κ3) is 4.65. The van der Waals surface area contributed by atoms with Gasteiger partial charge in [-0.25, -0.2) is 14.6 Å². The van der Waals surface area contributed by atoms with Gasteiger partial charge < -0.3 is 10.1 Å². The zero-order chi connectivity index (χ0) is 21.5. The van der Waals surface area contributed by atoms with Gasteiger partial charge in [0, 0.05) is 6.54 Å². The minimum absolute atomic E-state index is 0.175. The van der Waals surface area contributed by atoms with Crippen molar-refractivity contribution in [2.45, 2.75) is 19.8 Å². The molecule has 5 amide bonds. The molecule has 8 nitrogen and oxygen atoms in total. The topological polar surface area (TPSA) is 96.0 Å². The largest absolute Gasteiger partial charge is 0.492 e. The number of urea groups is 1. The molecule has 0 atom stereocenters. The number of imide groups is 2. The van der Waals surface area contributed by atoms with Gasteiger partial charge in [0.05, 0.1) is 12.3 Å². The van der Waals surface area contributed by atoms with Crippen molar-refractivity contribution in [2.24, 2.45) is 0 Å². The molecule has 2 aromatic carbocycles. The number of carbonyl (C=O) groups excluding carboxylic acids is 4. The third-order valence-electron chi connectivity index (χ3n) is 4.57. The van der Waals surface area contributed by atoms with Crippen LogP contribution in [0.5, 0.6) is 5.75 Å². The highest BCUT2D eigenvalue weighted by Gasteiger charge is 2.46. The van der Waals surface area contributed by atoms with Crippen LogP contribution >= 0.6 is 0 Å². The van der Waals surface area contributed by atoms with Crippen molar-refractivity contribution in [3.05, 3.63) is 60.2 Å². The average molecular weight is 409 g/mol. The third-order valence-corrected chi connectivity index (χ3v) is 4.57. The Morgan fingerprint density at radius 1 is 0.967 bits per heavy atom. The van der Waals surface area contributed by atoms with Gasteiger partial charge in [0.2, 0.25) is 5.91 Å². The summed E-state index contributed by atoms with van der Waals surface area (Å²) in [5.74, 6) is -2.24. The maximum absolute atomic E-state index is 12.7. The Labute approximate surface area is 174 Å². The Hall–Kier alpha value is -3.68. The van der Waals surface area contributed by atoms with Crippen LogP contribution in [0.1, 0.15) is 18.9 Å². The van der Waals surface area contributed by atoms with E-state index < -0.39 is 30.3 Å². The average Bonchev–Trinajstić information content (AvgIpc) is 2.96. The van der Waals surface area contributed by atoms with Crippen LogP contribution in [0.25, 0.3) is 0 Å². The molecular weight excluding hydrogens is 386 g/mol. The zero-order valence-electron chi connectivity index (χ0n) is 16.7. The van der Waals surface area contributed by atoms with Crippen LogP contribution in [0.3, 0.4) is 0 Å². The molecule has 3 rings (SSSR count). The van der Waals surface area contributed by atoms with Crippen molar-refractivity contribution in [1.29, 1.82) is 0 Å². The number of amides is 5. The number of nitrogens with one attached hydrogen (secondary N) is 1. The number of hydrogen-bond donors (Lipinski definition) is 1. The van der Waals surface area contributed by atoms with E-state index in [-0.39, 0.29) is 5.69 Å². The molecule has 1 saturated heterocycles. The van der Waals surface area contributed by atoms with E-state index in [0.717, 1.165) is 16.9 Å². The Morgan fingerprint density at radius 2 is 1.67 bits per heavy atom. The predicted molar refractivity (Wildman–Crippen MR) is 110 cm³/mol. The van der Waals surface area contributed by atoms with Gasteiger partial charge in [-0.2, -0.15) is 0 Å². The van der Waals surface area contributed by atoms with Gasteiger partial charge in [-0.05, 0) is 37.5 Å². The maximum Gasteiger partial charge on any atom is 0.339 e. The second-order valence-electron chi connectivity index (χ2n) is 6.65. The second kappa shape index (κ2) is 9.69. The summed E-state index contributed by atoms with van der Waals surface area (Å²) < 4.78 is 5.44. The summed E-state index contributed by atoms with van der Waals surface area (Å²) in [7, 11) is 0. The Kier molecular flexibility index (Phi) is 6.79. The minimum Gasteiger partial charge on any atom is -0.492 e. The molecule has 0 aliphatic carbocycles.